The van der Waals surface area contributed by atoms with Crippen LogP contribution in [-0.4, -0.2) is 21.2 Å². The fourth-order valence-electron chi connectivity index (χ4n) is 1.88. The molecule has 1 aromatic carbocycles. The molecule has 0 bridgehead atoms. The highest BCUT2D eigenvalue weighted by molar-refractivity contribution is 5.85. The quantitative estimate of drug-likeness (QED) is 0.903. The van der Waals surface area contributed by atoms with E-state index in [1.165, 1.54) is 0 Å². The minimum Gasteiger partial charge on any atom is -0.481 e. The summed E-state index contributed by atoms with van der Waals surface area (Å²) in [5.41, 5.74) is 0.631. The summed E-state index contributed by atoms with van der Waals surface area (Å²) in [6.07, 6.45) is 4.59. The molecule has 0 spiro atoms. The summed E-state index contributed by atoms with van der Waals surface area (Å²) in [6.45, 7) is 4.98. The maximum Gasteiger partial charge on any atom is 0.312 e. The zero-order valence-corrected chi connectivity index (χ0v) is 12.4. The monoisotopic (exact) mass is 285 g/mol. The Morgan fingerprint density at radius 3 is 2.62 bits per heavy atom. The van der Waals surface area contributed by atoms with E-state index in [0.29, 0.717) is 5.69 Å². The average Bonchev–Trinajstić information content (AvgIpc) is 2.44. The molecule has 0 aliphatic heterocycles. The second kappa shape index (κ2) is 5.66. The summed E-state index contributed by atoms with van der Waals surface area (Å²) in [6, 6.07) is 7.65. The van der Waals surface area contributed by atoms with Crippen molar-refractivity contribution in [3.05, 3.63) is 47.8 Å². The molecule has 1 heterocycles. The molecule has 21 heavy (non-hydrogen) atoms. The molecule has 0 saturated carbocycles. The van der Waals surface area contributed by atoms with Crippen molar-refractivity contribution in [2.75, 3.05) is 0 Å². The molecule has 2 rings (SSSR count). The van der Waals surface area contributed by atoms with Gasteiger partial charge >= 0.3 is 5.97 Å². The predicted molar refractivity (Wildman–Crippen MR) is 82.8 cm³/mol. The average molecular weight is 285 g/mol. The predicted octanol–water partition coefficient (Wildman–Crippen LogP) is 3.41. The van der Waals surface area contributed by atoms with Gasteiger partial charge < -0.3 is 10.2 Å². The van der Waals surface area contributed by atoms with Gasteiger partial charge in [0.25, 0.3) is 0 Å². The number of aliphatic carboxylic acids is 1. The van der Waals surface area contributed by atoms with Crippen LogP contribution in [-0.2, 0) is 4.79 Å². The maximum absolute atomic E-state index is 11.1. The Hall–Kier alpha value is -2.20. The first kappa shape index (κ1) is 15.2. The SMILES string of the molecule is C[C@@H](O)c1cc2cc(C=CC(C)(C)C(=O)O)ccc2cn1. The Kier molecular flexibility index (Phi) is 4.09. The number of carboxylic acids is 1. The van der Waals surface area contributed by atoms with Gasteiger partial charge in [-0.2, -0.15) is 0 Å². The molecule has 0 aliphatic rings. The van der Waals surface area contributed by atoms with Gasteiger partial charge in [0.1, 0.15) is 0 Å². The fourth-order valence-corrected chi connectivity index (χ4v) is 1.88. The van der Waals surface area contributed by atoms with Gasteiger partial charge in [0.2, 0.25) is 0 Å². The summed E-state index contributed by atoms with van der Waals surface area (Å²) in [4.78, 5) is 15.3. The van der Waals surface area contributed by atoms with Gasteiger partial charge in [0.05, 0.1) is 17.2 Å². The van der Waals surface area contributed by atoms with Crippen molar-refractivity contribution in [1.82, 2.24) is 4.98 Å². The Morgan fingerprint density at radius 2 is 2.00 bits per heavy atom. The number of carboxylic acid groups (broad SMARTS) is 1. The Bertz CT molecular complexity index is 702. The van der Waals surface area contributed by atoms with Crippen molar-refractivity contribution in [3.8, 4) is 0 Å². The van der Waals surface area contributed by atoms with Crippen LogP contribution in [0.1, 0.15) is 38.1 Å². The lowest BCUT2D eigenvalue weighted by atomic mass is 9.92. The van der Waals surface area contributed by atoms with Crippen LogP contribution in [0.2, 0.25) is 0 Å². The van der Waals surface area contributed by atoms with Crippen LogP contribution in [0.5, 0.6) is 0 Å². The minimum absolute atomic E-state index is 0.612. The Balaban J connectivity index is 2.38. The smallest absolute Gasteiger partial charge is 0.312 e. The molecule has 0 unspecified atom stereocenters. The van der Waals surface area contributed by atoms with E-state index in [1.807, 2.05) is 24.3 Å². The van der Waals surface area contributed by atoms with Crippen LogP contribution in [0.4, 0.5) is 0 Å². The molecule has 0 saturated heterocycles. The molecular weight excluding hydrogens is 266 g/mol. The van der Waals surface area contributed by atoms with E-state index in [-0.39, 0.29) is 0 Å². The third-order valence-corrected chi connectivity index (χ3v) is 3.44. The Morgan fingerprint density at radius 1 is 1.29 bits per heavy atom. The van der Waals surface area contributed by atoms with E-state index >= 15 is 0 Å². The van der Waals surface area contributed by atoms with Crippen LogP contribution in [0, 0.1) is 5.41 Å². The third kappa shape index (κ3) is 3.47. The van der Waals surface area contributed by atoms with Crippen molar-refractivity contribution >= 4 is 22.8 Å². The van der Waals surface area contributed by atoms with Gasteiger partial charge in [0.15, 0.2) is 0 Å². The van der Waals surface area contributed by atoms with Crippen LogP contribution < -0.4 is 0 Å². The summed E-state index contributed by atoms with van der Waals surface area (Å²) < 4.78 is 0. The normalized spacial score (nSPS) is 13.7. The second-order valence-corrected chi connectivity index (χ2v) is 5.75. The van der Waals surface area contributed by atoms with Crippen LogP contribution in [0.25, 0.3) is 16.8 Å². The molecule has 0 aliphatic carbocycles. The summed E-state index contributed by atoms with van der Waals surface area (Å²) >= 11 is 0. The lowest BCUT2D eigenvalue weighted by molar-refractivity contribution is -0.144. The first-order valence-electron chi connectivity index (χ1n) is 6.80. The largest absolute Gasteiger partial charge is 0.481 e. The molecule has 4 heteroatoms. The number of aromatic nitrogens is 1. The molecule has 4 nitrogen and oxygen atoms in total. The van der Waals surface area contributed by atoms with E-state index in [4.69, 9.17) is 5.11 Å². The van der Waals surface area contributed by atoms with E-state index < -0.39 is 17.5 Å². The van der Waals surface area contributed by atoms with Gasteiger partial charge in [-0.3, -0.25) is 9.78 Å². The summed E-state index contributed by atoms with van der Waals surface area (Å²) in [7, 11) is 0. The van der Waals surface area contributed by atoms with Gasteiger partial charge in [-0.15, -0.1) is 0 Å². The molecule has 2 aromatic rings. The molecule has 1 aromatic heterocycles. The highest BCUT2D eigenvalue weighted by atomic mass is 16.4. The van der Waals surface area contributed by atoms with Crippen molar-refractivity contribution in [1.29, 1.82) is 0 Å². The number of carbonyl (C=O) groups is 1. The molecule has 0 amide bonds. The summed E-state index contributed by atoms with van der Waals surface area (Å²) in [5, 5.41) is 20.6. The zero-order valence-electron chi connectivity index (χ0n) is 12.4. The molecule has 1 atom stereocenters. The van der Waals surface area contributed by atoms with Crippen LogP contribution >= 0.6 is 0 Å². The molecule has 2 N–H and O–H groups in total. The van der Waals surface area contributed by atoms with Crippen molar-refractivity contribution in [2.24, 2.45) is 5.41 Å². The molecule has 110 valence electrons. The fraction of sp³-hybridized carbons (Fsp3) is 0.294. The summed E-state index contributed by atoms with van der Waals surface area (Å²) in [5.74, 6) is -0.861. The zero-order chi connectivity index (χ0) is 15.6. The van der Waals surface area contributed by atoms with E-state index in [1.54, 1.807) is 39.1 Å². The first-order chi connectivity index (χ1) is 9.79. The third-order valence-electron chi connectivity index (χ3n) is 3.44. The van der Waals surface area contributed by atoms with Crippen LogP contribution in [0.3, 0.4) is 0 Å². The van der Waals surface area contributed by atoms with Crippen molar-refractivity contribution in [3.63, 3.8) is 0 Å². The number of benzene rings is 1. The van der Waals surface area contributed by atoms with Crippen molar-refractivity contribution in [2.45, 2.75) is 26.9 Å². The lowest BCUT2D eigenvalue weighted by Gasteiger charge is -2.13. The van der Waals surface area contributed by atoms with Gasteiger partial charge in [-0.25, -0.2) is 0 Å². The second-order valence-electron chi connectivity index (χ2n) is 5.75. The highest BCUT2D eigenvalue weighted by Crippen LogP contribution is 2.22. The number of pyridine rings is 1. The number of hydrogen-bond donors (Lipinski definition) is 2. The molecular formula is C17H19NO3. The van der Waals surface area contributed by atoms with Gasteiger partial charge in [0, 0.05) is 11.6 Å². The van der Waals surface area contributed by atoms with Crippen LogP contribution in [0.15, 0.2) is 36.5 Å². The number of nitrogens with zero attached hydrogens (tertiary/aromatic N) is 1. The van der Waals surface area contributed by atoms with E-state index in [2.05, 4.69) is 4.98 Å². The maximum atomic E-state index is 11.1. The molecule has 0 radical (unpaired) electrons. The number of aliphatic hydroxyl groups is 1. The number of hydrogen-bond acceptors (Lipinski definition) is 3. The Labute approximate surface area is 123 Å². The number of rotatable bonds is 4. The molecule has 0 fully saturated rings. The first-order valence-corrected chi connectivity index (χ1v) is 6.80. The van der Waals surface area contributed by atoms with Gasteiger partial charge in [-0.05, 0) is 43.9 Å². The van der Waals surface area contributed by atoms with Crippen molar-refractivity contribution < 1.29 is 15.0 Å². The van der Waals surface area contributed by atoms with E-state index in [0.717, 1.165) is 16.3 Å². The highest BCUT2D eigenvalue weighted by Gasteiger charge is 2.22. The van der Waals surface area contributed by atoms with E-state index in [9.17, 15) is 9.90 Å². The number of aliphatic hydroxyl groups excluding tert-OH is 1. The minimum atomic E-state index is -0.905. The topological polar surface area (TPSA) is 70.4 Å². The lowest BCUT2D eigenvalue weighted by Crippen LogP contribution is -2.20. The van der Waals surface area contributed by atoms with Gasteiger partial charge in [-0.1, -0.05) is 24.3 Å². The standard InChI is InChI=1S/C17H19NO3/c1-11(19)15-9-14-8-12(4-5-13(14)10-18-15)6-7-17(2,3)16(20)21/h4-11,19H,1-3H3,(H,20,21)/t11-/m1/s1. The number of fused-ring (bicyclic) bond motifs is 1.